The van der Waals surface area contributed by atoms with Gasteiger partial charge in [0.1, 0.15) is 13.2 Å². The molecular formula is C14H17F4N3O4. The van der Waals surface area contributed by atoms with Crippen LogP contribution in [-0.4, -0.2) is 63.8 Å². The third-order valence-electron chi connectivity index (χ3n) is 3.64. The van der Waals surface area contributed by atoms with E-state index in [1.165, 1.54) is 4.90 Å². The maximum atomic E-state index is 12.7. The Balaban J connectivity index is 1.85. The first-order valence-electron chi connectivity index (χ1n) is 7.48. The highest BCUT2D eigenvalue weighted by molar-refractivity contribution is 5.77. The molecule has 2 rings (SSSR count). The number of hydrogen-bond donors (Lipinski definition) is 1. The van der Waals surface area contributed by atoms with Gasteiger partial charge >= 0.3 is 18.3 Å². The van der Waals surface area contributed by atoms with Crippen molar-refractivity contribution >= 4 is 11.9 Å². The summed E-state index contributed by atoms with van der Waals surface area (Å²) in [4.78, 5) is 23.9. The molecule has 1 amide bonds. The third-order valence-corrected chi connectivity index (χ3v) is 3.64. The average molecular weight is 367 g/mol. The molecule has 7 nitrogen and oxygen atoms in total. The predicted molar refractivity (Wildman–Crippen MR) is 75.4 cm³/mol. The van der Waals surface area contributed by atoms with E-state index in [0.29, 0.717) is 17.9 Å². The number of nitrogens with zero attached hydrogens (tertiary/aromatic N) is 3. The van der Waals surface area contributed by atoms with Gasteiger partial charge in [-0.05, 0) is 6.07 Å². The van der Waals surface area contributed by atoms with E-state index in [1.807, 2.05) is 0 Å². The van der Waals surface area contributed by atoms with Crippen LogP contribution < -0.4 is 0 Å². The molecule has 1 N–H and O–H groups in total. The van der Waals surface area contributed by atoms with Crippen LogP contribution in [0.4, 0.5) is 17.6 Å². The molecule has 0 saturated carbocycles. The number of carbonyl (C=O) groups is 2. The van der Waals surface area contributed by atoms with Gasteiger partial charge in [-0.2, -0.15) is 13.9 Å². The Morgan fingerprint density at radius 1 is 1.36 bits per heavy atom. The van der Waals surface area contributed by atoms with Crippen LogP contribution in [0, 0.1) is 0 Å². The summed E-state index contributed by atoms with van der Waals surface area (Å²) in [7, 11) is 0. The molecule has 11 heteroatoms. The standard InChI is InChI=1S/C14H17F4N3O4/c15-13(16)14(17,18)8-25-7-11(22)20-3-4-21-10(6-20)5-9(19-21)1-2-12(23)24/h5,13H,1-4,6-8H2,(H,23,24). The van der Waals surface area contributed by atoms with Crippen molar-refractivity contribution in [2.24, 2.45) is 0 Å². The van der Waals surface area contributed by atoms with Crippen LogP contribution in [0.25, 0.3) is 0 Å². The fourth-order valence-corrected chi connectivity index (χ4v) is 2.32. The minimum absolute atomic E-state index is 0.0642. The number of aromatic nitrogens is 2. The number of aryl methyl sites for hydroxylation is 1. The highest BCUT2D eigenvalue weighted by Gasteiger charge is 2.41. The van der Waals surface area contributed by atoms with Crippen LogP contribution in [0.15, 0.2) is 6.07 Å². The van der Waals surface area contributed by atoms with Gasteiger partial charge < -0.3 is 14.7 Å². The molecule has 2 heterocycles. The van der Waals surface area contributed by atoms with Crippen molar-refractivity contribution in [2.45, 2.75) is 38.3 Å². The monoisotopic (exact) mass is 367 g/mol. The maximum absolute atomic E-state index is 12.7. The van der Waals surface area contributed by atoms with E-state index in [1.54, 1.807) is 10.7 Å². The van der Waals surface area contributed by atoms with Crippen molar-refractivity contribution in [1.29, 1.82) is 0 Å². The summed E-state index contributed by atoms with van der Waals surface area (Å²) in [6, 6.07) is 1.67. The van der Waals surface area contributed by atoms with Gasteiger partial charge in [0.2, 0.25) is 5.91 Å². The number of aliphatic carboxylic acids is 1. The van der Waals surface area contributed by atoms with Crippen molar-refractivity contribution < 1.29 is 37.0 Å². The topological polar surface area (TPSA) is 84.7 Å². The quantitative estimate of drug-likeness (QED) is 0.697. The van der Waals surface area contributed by atoms with Gasteiger partial charge in [0.05, 0.1) is 30.9 Å². The molecule has 0 spiro atoms. The second-order valence-corrected chi connectivity index (χ2v) is 5.61. The lowest BCUT2D eigenvalue weighted by Crippen LogP contribution is -2.41. The van der Waals surface area contributed by atoms with Gasteiger partial charge in [0.15, 0.2) is 0 Å². The van der Waals surface area contributed by atoms with Crippen LogP contribution in [0.2, 0.25) is 0 Å². The summed E-state index contributed by atoms with van der Waals surface area (Å²) < 4.78 is 55.5. The van der Waals surface area contributed by atoms with Crippen LogP contribution in [0.3, 0.4) is 0 Å². The molecule has 0 unspecified atom stereocenters. The molecule has 1 aromatic heterocycles. The SMILES string of the molecule is O=C(O)CCc1cc2n(n1)CCN(C(=O)COCC(F)(F)C(F)F)C2. The molecule has 0 aromatic carbocycles. The zero-order valence-corrected chi connectivity index (χ0v) is 13.1. The van der Waals surface area contributed by atoms with Crippen LogP contribution in [0.5, 0.6) is 0 Å². The van der Waals surface area contributed by atoms with Gasteiger partial charge in [0, 0.05) is 13.0 Å². The molecule has 0 radical (unpaired) electrons. The minimum atomic E-state index is -4.29. The number of hydrogen-bond acceptors (Lipinski definition) is 4. The van der Waals surface area contributed by atoms with E-state index in [9.17, 15) is 27.2 Å². The van der Waals surface area contributed by atoms with Crippen molar-refractivity contribution in [2.75, 3.05) is 19.8 Å². The summed E-state index contributed by atoms with van der Waals surface area (Å²) in [5, 5.41) is 12.9. The molecule has 140 valence electrons. The number of carboxylic acid groups (broad SMARTS) is 1. The van der Waals surface area contributed by atoms with Crippen molar-refractivity contribution in [3.63, 3.8) is 0 Å². The van der Waals surface area contributed by atoms with E-state index in [0.717, 1.165) is 0 Å². The van der Waals surface area contributed by atoms with Gasteiger partial charge in [-0.15, -0.1) is 0 Å². The second kappa shape index (κ2) is 7.81. The average Bonchev–Trinajstić information content (AvgIpc) is 2.94. The number of halogens is 4. The minimum Gasteiger partial charge on any atom is -0.481 e. The molecule has 1 aliphatic rings. The molecule has 0 fully saturated rings. The van der Waals surface area contributed by atoms with Crippen LogP contribution >= 0.6 is 0 Å². The van der Waals surface area contributed by atoms with E-state index in [2.05, 4.69) is 9.84 Å². The summed E-state index contributed by atoms with van der Waals surface area (Å²) in [5.41, 5.74) is 1.26. The smallest absolute Gasteiger partial charge is 0.330 e. The summed E-state index contributed by atoms with van der Waals surface area (Å²) in [5.74, 6) is -5.83. The number of rotatable bonds is 8. The fraction of sp³-hybridized carbons (Fsp3) is 0.643. The second-order valence-electron chi connectivity index (χ2n) is 5.61. The van der Waals surface area contributed by atoms with E-state index < -0.39 is 37.4 Å². The zero-order valence-electron chi connectivity index (χ0n) is 13.1. The number of ether oxygens (including phenoxy) is 1. The Kier molecular flexibility index (Phi) is 5.98. The lowest BCUT2D eigenvalue weighted by atomic mass is 10.2. The van der Waals surface area contributed by atoms with Crippen LogP contribution in [0.1, 0.15) is 17.8 Å². The Labute approximate surface area is 140 Å². The van der Waals surface area contributed by atoms with E-state index >= 15 is 0 Å². The van der Waals surface area contributed by atoms with E-state index in [-0.39, 0.29) is 25.9 Å². The number of carboxylic acids is 1. The van der Waals surface area contributed by atoms with Crippen LogP contribution in [-0.2, 0) is 33.8 Å². The highest BCUT2D eigenvalue weighted by Crippen LogP contribution is 2.23. The molecule has 0 atom stereocenters. The lowest BCUT2D eigenvalue weighted by Gasteiger charge is -2.27. The molecule has 0 aliphatic carbocycles. The molecule has 1 aliphatic heterocycles. The number of amides is 1. The molecule has 0 bridgehead atoms. The number of carbonyl (C=O) groups excluding carboxylic acids is 1. The molecular weight excluding hydrogens is 350 g/mol. The molecule has 25 heavy (non-hydrogen) atoms. The number of alkyl halides is 4. The normalized spacial score (nSPS) is 14.7. The Morgan fingerprint density at radius 2 is 2.08 bits per heavy atom. The fourth-order valence-electron chi connectivity index (χ4n) is 2.32. The first-order valence-corrected chi connectivity index (χ1v) is 7.48. The van der Waals surface area contributed by atoms with Crippen molar-refractivity contribution in [1.82, 2.24) is 14.7 Å². The summed E-state index contributed by atoms with van der Waals surface area (Å²) >= 11 is 0. The van der Waals surface area contributed by atoms with Gasteiger partial charge in [-0.3, -0.25) is 14.3 Å². The summed E-state index contributed by atoms with van der Waals surface area (Å²) in [6.45, 7) is -1.46. The predicted octanol–water partition coefficient (Wildman–Crippen LogP) is 1.16. The first-order chi connectivity index (χ1) is 11.7. The highest BCUT2D eigenvalue weighted by atomic mass is 19.3. The molecule has 1 aromatic rings. The lowest BCUT2D eigenvalue weighted by molar-refractivity contribution is -0.171. The Bertz CT molecular complexity index is 636. The van der Waals surface area contributed by atoms with Crippen molar-refractivity contribution in [3.8, 4) is 0 Å². The van der Waals surface area contributed by atoms with E-state index in [4.69, 9.17) is 5.11 Å². The third kappa shape index (κ3) is 5.15. The molecule has 0 saturated heterocycles. The zero-order chi connectivity index (χ0) is 18.6. The maximum Gasteiger partial charge on any atom is 0.330 e. The van der Waals surface area contributed by atoms with Gasteiger partial charge in [0.25, 0.3) is 0 Å². The first kappa shape index (κ1) is 19.2. The summed E-state index contributed by atoms with van der Waals surface area (Å²) in [6.07, 6.45) is -3.66. The van der Waals surface area contributed by atoms with Crippen molar-refractivity contribution in [3.05, 3.63) is 17.5 Å². The van der Waals surface area contributed by atoms with Gasteiger partial charge in [-0.25, -0.2) is 8.78 Å². The number of fused-ring (bicyclic) bond motifs is 1. The Morgan fingerprint density at radius 3 is 2.72 bits per heavy atom. The Hall–Kier alpha value is -2.17. The van der Waals surface area contributed by atoms with Gasteiger partial charge in [-0.1, -0.05) is 0 Å². The largest absolute Gasteiger partial charge is 0.481 e.